The van der Waals surface area contributed by atoms with Gasteiger partial charge in [0.1, 0.15) is 39.3 Å². The van der Waals surface area contributed by atoms with E-state index in [1.54, 1.807) is 0 Å². The lowest BCUT2D eigenvalue weighted by Crippen LogP contribution is -2.18. The van der Waals surface area contributed by atoms with Crippen molar-refractivity contribution in [2.24, 2.45) is 4.99 Å². The Morgan fingerprint density at radius 3 is 2.38 bits per heavy atom. The van der Waals surface area contributed by atoms with Crippen molar-refractivity contribution in [1.29, 1.82) is 0 Å². The molecule has 0 aliphatic rings. The van der Waals surface area contributed by atoms with Crippen LogP contribution in [0.15, 0.2) is 23.2 Å². The summed E-state index contributed by atoms with van der Waals surface area (Å²) in [5.41, 5.74) is 0.935. The van der Waals surface area contributed by atoms with Crippen molar-refractivity contribution in [3.63, 3.8) is 0 Å². The van der Waals surface area contributed by atoms with Crippen LogP contribution in [0.4, 0.5) is 0 Å². The number of nitrogens with one attached hydrogen (secondary N) is 1. The molecule has 8 nitrogen and oxygen atoms in total. The second-order valence-corrected chi connectivity index (χ2v) is 5.05. The number of aliphatic imine (C=N–C) groups is 1. The van der Waals surface area contributed by atoms with Crippen LogP contribution in [-0.4, -0.2) is 51.5 Å². The third kappa shape index (κ3) is 2.24. The Morgan fingerprint density at radius 1 is 1.04 bits per heavy atom. The molecule has 0 unspecified atom stereocenters. The standard InChI is InChI=1S/C16H14N4O4/c1-17-6-8-10(22)5-11(23)15-13(8)20-14-9(21)4-3-7(12(14)19-15)16(24)18-2/h3-6,21-23H,1-2H3,(H,18,24). The van der Waals surface area contributed by atoms with Crippen LogP contribution in [0.3, 0.4) is 0 Å². The minimum Gasteiger partial charge on any atom is -0.507 e. The normalized spacial score (nSPS) is 11.4. The van der Waals surface area contributed by atoms with Crippen molar-refractivity contribution < 1.29 is 20.1 Å². The SMILES string of the molecule is CN=Cc1c(O)cc(O)c2nc3c(C(=O)NC)ccc(O)c3nc12. The molecule has 3 rings (SSSR count). The number of aromatic nitrogens is 2. The zero-order valence-corrected chi connectivity index (χ0v) is 12.9. The van der Waals surface area contributed by atoms with Crippen LogP contribution in [0.5, 0.6) is 17.2 Å². The number of phenols is 3. The van der Waals surface area contributed by atoms with Crippen molar-refractivity contribution >= 4 is 34.2 Å². The predicted molar refractivity (Wildman–Crippen MR) is 88.9 cm³/mol. The molecule has 1 amide bonds. The number of hydrogen-bond donors (Lipinski definition) is 4. The first kappa shape index (κ1) is 15.5. The summed E-state index contributed by atoms with van der Waals surface area (Å²) in [5.74, 6) is -1.09. The van der Waals surface area contributed by atoms with Crippen molar-refractivity contribution in [1.82, 2.24) is 15.3 Å². The molecule has 0 aliphatic heterocycles. The predicted octanol–water partition coefficient (Wildman–Crippen LogP) is 1.31. The second kappa shape index (κ2) is 5.65. The van der Waals surface area contributed by atoms with E-state index >= 15 is 0 Å². The fraction of sp³-hybridized carbons (Fsp3) is 0.125. The highest BCUT2D eigenvalue weighted by molar-refractivity contribution is 6.09. The molecule has 1 heterocycles. The molecule has 0 radical (unpaired) electrons. The highest BCUT2D eigenvalue weighted by Gasteiger charge is 2.19. The molecular formula is C16H14N4O4. The van der Waals surface area contributed by atoms with E-state index < -0.39 is 5.91 Å². The van der Waals surface area contributed by atoms with Gasteiger partial charge < -0.3 is 20.6 Å². The summed E-state index contributed by atoms with van der Waals surface area (Å²) in [6, 6.07) is 3.88. The van der Waals surface area contributed by atoms with Gasteiger partial charge in [0.25, 0.3) is 5.91 Å². The van der Waals surface area contributed by atoms with Gasteiger partial charge in [0.2, 0.25) is 0 Å². The number of amides is 1. The van der Waals surface area contributed by atoms with E-state index in [1.165, 1.54) is 32.4 Å². The first-order valence-electron chi connectivity index (χ1n) is 7.00. The smallest absolute Gasteiger partial charge is 0.253 e. The van der Waals surface area contributed by atoms with Crippen LogP contribution in [0.25, 0.3) is 22.1 Å². The number of nitrogens with zero attached hydrogens (tertiary/aromatic N) is 3. The summed E-state index contributed by atoms with van der Waals surface area (Å²) in [6.45, 7) is 0. The quantitative estimate of drug-likeness (QED) is 0.415. The maximum absolute atomic E-state index is 12.0. The van der Waals surface area contributed by atoms with Crippen molar-refractivity contribution in [3.05, 3.63) is 29.3 Å². The van der Waals surface area contributed by atoms with E-state index in [4.69, 9.17) is 0 Å². The van der Waals surface area contributed by atoms with Crippen LogP contribution in [-0.2, 0) is 0 Å². The summed E-state index contributed by atoms with van der Waals surface area (Å²) in [7, 11) is 2.99. The van der Waals surface area contributed by atoms with Gasteiger partial charge in [-0.15, -0.1) is 0 Å². The van der Waals surface area contributed by atoms with Gasteiger partial charge in [0.15, 0.2) is 0 Å². The number of phenolic OH excluding ortho intramolecular Hbond substituents is 3. The van der Waals surface area contributed by atoms with Crippen LogP contribution in [0, 0.1) is 0 Å². The Balaban J connectivity index is 2.52. The number of hydrogen-bond acceptors (Lipinski definition) is 7. The van der Waals surface area contributed by atoms with E-state index in [-0.39, 0.29) is 50.4 Å². The third-order valence-electron chi connectivity index (χ3n) is 3.58. The average Bonchev–Trinajstić information content (AvgIpc) is 2.57. The first-order chi connectivity index (χ1) is 11.5. The average molecular weight is 326 g/mol. The van der Waals surface area contributed by atoms with Gasteiger partial charge in [-0.2, -0.15) is 0 Å². The molecule has 0 atom stereocenters. The van der Waals surface area contributed by atoms with Gasteiger partial charge in [-0.25, -0.2) is 9.97 Å². The van der Waals surface area contributed by atoms with Crippen molar-refractivity contribution in [2.75, 3.05) is 14.1 Å². The summed E-state index contributed by atoms with van der Waals surface area (Å²) in [5, 5.41) is 32.6. The molecule has 4 N–H and O–H groups in total. The van der Waals surface area contributed by atoms with Gasteiger partial charge in [-0.3, -0.25) is 9.79 Å². The fourth-order valence-electron chi connectivity index (χ4n) is 2.46. The largest absolute Gasteiger partial charge is 0.507 e. The molecule has 0 aliphatic carbocycles. The van der Waals surface area contributed by atoms with Gasteiger partial charge in [0.05, 0.1) is 11.1 Å². The summed E-state index contributed by atoms with van der Waals surface area (Å²) < 4.78 is 0. The molecule has 122 valence electrons. The number of benzene rings is 2. The highest BCUT2D eigenvalue weighted by atomic mass is 16.3. The lowest BCUT2D eigenvalue weighted by Gasteiger charge is -2.10. The Morgan fingerprint density at radius 2 is 1.71 bits per heavy atom. The van der Waals surface area contributed by atoms with E-state index in [9.17, 15) is 20.1 Å². The molecule has 0 fully saturated rings. The van der Waals surface area contributed by atoms with Crippen LogP contribution in [0.2, 0.25) is 0 Å². The lowest BCUT2D eigenvalue weighted by atomic mass is 10.1. The molecule has 24 heavy (non-hydrogen) atoms. The lowest BCUT2D eigenvalue weighted by molar-refractivity contribution is 0.0964. The molecule has 3 aromatic rings. The summed E-state index contributed by atoms with van der Waals surface area (Å²) >= 11 is 0. The molecule has 0 bridgehead atoms. The summed E-state index contributed by atoms with van der Waals surface area (Å²) in [6.07, 6.45) is 1.37. The molecule has 2 aromatic carbocycles. The molecular weight excluding hydrogens is 312 g/mol. The number of aromatic hydroxyl groups is 3. The zero-order chi connectivity index (χ0) is 17.4. The van der Waals surface area contributed by atoms with Gasteiger partial charge in [0, 0.05) is 26.4 Å². The number of carbonyl (C=O) groups is 1. The van der Waals surface area contributed by atoms with E-state index in [0.29, 0.717) is 0 Å². The highest BCUT2D eigenvalue weighted by Crippen LogP contribution is 2.35. The van der Waals surface area contributed by atoms with Gasteiger partial charge >= 0.3 is 0 Å². The monoisotopic (exact) mass is 326 g/mol. The molecule has 0 spiro atoms. The Bertz CT molecular complexity index is 1010. The minimum absolute atomic E-state index is 0.0827. The van der Waals surface area contributed by atoms with Gasteiger partial charge in [-0.1, -0.05) is 0 Å². The molecule has 0 saturated heterocycles. The van der Waals surface area contributed by atoms with E-state index in [1.807, 2.05) is 0 Å². The van der Waals surface area contributed by atoms with Crippen LogP contribution in [0.1, 0.15) is 15.9 Å². The zero-order valence-electron chi connectivity index (χ0n) is 12.9. The third-order valence-corrected chi connectivity index (χ3v) is 3.58. The number of fused-ring (bicyclic) bond motifs is 2. The second-order valence-electron chi connectivity index (χ2n) is 5.05. The maximum atomic E-state index is 12.0. The van der Waals surface area contributed by atoms with Gasteiger partial charge in [-0.05, 0) is 12.1 Å². The van der Waals surface area contributed by atoms with Crippen molar-refractivity contribution in [2.45, 2.75) is 0 Å². The first-order valence-corrected chi connectivity index (χ1v) is 7.00. The van der Waals surface area contributed by atoms with E-state index in [0.717, 1.165) is 6.07 Å². The van der Waals surface area contributed by atoms with Crippen LogP contribution >= 0.6 is 0 Å². The number of carbonyl (C=O) groups excluding carboxylic acids is 1. The molecule has 1 aromatic heterocycles. The summed E-state index contributed by atoms with van der Waals surface area (Å²) in [4.78, 5) is 24.4. The molecule has 8 heteroatoms. The Labute approximate surface area is 136 Å². The molecule has 0 saturated carbocycles. The minimum atomic E-state index is -0.401. The fourth-order valence-corrected chi connectivity index (χ4v) is 2.46. The number of rotatable bonds is 2. The van der Waals surface area contributed by atoms with Crippen LogP contribution < -0.4 is 5.32 Å². The van der Waals surface area contributed by atoms with E-state index in [2.05, 4.69) is 20.3 Å². The van der Waals surface area contributed by atoms with Crippen molar-refractivity contribution in [3.8, 4) is 17.2 Å². The Hall–Kier alpha value is -3.42. The Kier molecular flexibility index (Phi) is 3.64. The maximum Gasteiger partial charge on any atom is 0.253 e. The topological polar surface area (TPSA) is 128 Å².